The lowest BCUT2D eigenvalue weighted by Crippen LogP contribution is -2.11. The van der Waals surface area contributed by atoms with Crippen LogP contribution in [0.25, 0.3) is 0 Å². The number of anilines is 1. The van der Waals surface area contributed by atoms with Gasteiger partial charge in [0.15, 0.2) is 0 Å². The molecule has 0 saturated carbocycles. The van der Waals surface area contributed by atoms with E-state index in [-0.39, 0.29) is 0 Å². The fourth-order valence-electron chi connectivity index (χ4n) is 1.87. The highest BCUT2D eigenvalue weighted by atomic mass is 79.9. The number of nitrogens with one attached hydrogen (secondary N) is 1. The molecule has 0 unspecified atom stereocenters. The molecule has 0 aliphatic heterocycles. The average molecular weight is 355 g/mol. The first-order valence-corrected chi connectivity index (χ1v) is 7.96. The summed E-state index contributed by atoms with van der Waals surface area (Å²) in [5.41, 5.74) is 8.81. The van der Waals surface area contributed by atoms with Crippen molar-refractivity contribution in [1.29, 1.82) is 0 Å². The summed E-state index contributed by atoms with van der Waals surface area (Å²) >= 11 is 10.3. The average Bonchev–Trinajstić information content (AvgIpc) is 2.75. The second-order valence-electron chi connectivity index (χ2n) is 4.28. The highest BCUT2D eigenvalue weighted by Gasteiger charge is 2.03. The highest BCUT2D eigenvalue weighted by molar-refractivity contribution is 9.11. The smallest absolute Gasteiger partial charge is 0.104 e. The Labute approximate surface area is 131 Å². The van der Waals surface area contributed by atoms with E-state index in [2.05, 4.69) is 39.4 Å². The molecule has 19 heavy (non-hydrogen) atoms. The second-order valence-corrected chi connectivity index (χ2v) is 7.26. The lowest BCUT2D eigenvalue weighted by molar-refractivity contribution is 1.04. The molecule has 100 valence electrons. The van der Waals surface area contributed by atoms with Crippen molar-refractivity contribution >= 4 is 50.2 Å². The number of hydrogen-bond donors (Lipinski definition) is 2. The van der Waals surface area contributed by atoms with E-state index in [9.17, 15) is 0 Å². The van der Waals surface area contributed by atoms with Gasteiger partial charge in [0.25, 0.3) is 0 Å². The summed E-state index contributed by atoms with van der Waals surface area (Å²) in [5.74, 6) is 0. The van der Waals surface area contributed by atoms with Gasteiger partial charge >= 0.3 is 0 Å². The zero-order valence-corrected chi connectivity index (χ0v) is 13.8. The minimum absolute atomic E-state index is 0.451. The van der Waals surface area contributed by atoms with E-state index in [0.717, 1.165) is 29.8 Å². The van der Waals surface area contributed by atoms with Gasteiger partial charge in [-0.2, -0.15) is 0 Å². The Morgan fingerprint density at radius 3 is 2.74 bits per heavy atom. The van der Waals surface area contributed by atoms with Crippen LogP contribution < -0.4 is 11.1 Å². The van der Waals surface area contributed by atoms with Crippen molar-refractivity contribution in [1.82, 2.24) is 0 Å². The summed E-state index contributed by atoms with van der Waals surface area (Å²) < 4.78 is 1.18. The number of thiophene rings is 1. The third-order valence-corrected chi connectivity index (χ3v) is 4.72. The number of halogens is 1. The SMILES string of the molecule is Cc1cc(NCCc2ccc(Br)s2)ccc1C(N)=S. The number of rotatable bonds is 5. The molecule has 0 amide bonds. The van der Waals surface area contributed by atoms with Gasteiger partial charge in [-0.3, -0.25) is 0 Å². The van der Waals surface area contributed by atoms with E-state index in [4.69, 9.17) is 18.0 Å². The van der Waals surface area contributed by atoms with Gasteiger partial charge in [-0.05, 0) is 65.2 Å². The van der Waals surface area contributed by atoms with Gasteiger partial charge in [-0.1, -0.05) is 12.2 Å². The molecule has 1 heterocycles. The first kappa shape index (κ1) is 14.5. The summed E-state index contributed by atoms with van der Waals surface area (Å²) in [5, 5.41) is 3.42. The van der Waals surface area contributed by atoms with Crippen LogP contribution in [-0.4, -0.2) is 11.5 Å². The Hall–Kier alpha value is -0.910. The van der Waals surface area contributed by atoms with Crippen molar-refractivity contribution in [3.8, 4) is 0 Å². The van der Waals surface area contributed by atoms with Crippen LogP contribution in [0.1, 0.15) is 16.0 Å². The molecular formula is C14H15BrN2S2. The van der Waals surface area contributed by atoms with Crippen molar-refractivity contribution in [2.24, 2.45) is 5.73 Å². The molecule has 2 aromatic rings. The van der Waals surface area contributed by atoms with E-state index in [1.54, 1.807) is 11.3 Å². The normalized spacial score (nSPS) is 10.4. The lowest BCUT2D eigenvalue weighted by atomic mass is 10.1. The summed E-state index contributed by atoms with van der Waals surface area (Å²) in [6.07, 6.45) is 1.02. The van der Waals surface area contributed by atoms with Crippen LogP contribution in [0.15, 0.2) is 34.1 Å². The summed E-state index contributed by atoms with van der Waals surface area (Å²) in [6, 6.07) is 10.3. The van der Waals surface area contributed by atoms with E-state index in [0.29, 0.717) is 4.99 Å². The van der Waals surface area contributed by atoms with Crippen molar-refractivity contribution in [3.05, 3.63) is 50.1 Å². The van der Waals surface area contributed by atoms with Crippen LogP contribution in [0.4, 0.5) is 5.69 Å². The largest absolute Gasteiger partial charge is 0.389 e. The zero-order chi connectivity index (χ0) is 13.8. The van der Waals surface area contributed by atoms with Crippen LogP contribution in [0.3, 0.4) is 0 Å². The number of hydrogen-bond acceptors (Lipinski definition) is 3. The van der Waals surface area contributed by atoms with Gasteiger partial charge in [0.2, 0.25) is 0 Å². The first-order valence-electron chi connectivity index (χ1n) is 5.95. The van der Waals surface area contributed by atoms with Gasteiger partial charge in [0.1, 0.15) is 4.99 Å². The zero-order valence-electron chi connectivity index (χ0n) is 10.6. The van der Waals surface area contributed by atoms with Crippen LogP contribution in [-0.2, 0) is 6.42 Å². The number of thiocarbonyl (C=S) groups is 1. The lowest BCUT2D eigenvalue weighted by Gasteiger charge is -2.09. The minimum Gasteiger partial charge on any atom is -0.389 e. The summed E-state index contributed by atoms with van der Waals surface area (Å²) in [7, 11) is 0. The molecular weight excluding hydrogens is 340 g/mol. The topological polar surface area (TPSA) is 38.0 Å². The molecule has 3 N–H and O–H groups in total. The highest BCUT2D eigenvalue weighted by Crippen LogP contribution is 2.22. The molecule has 2 nitrogen and oxygen atoms in total. The molecule has 0 bridgehead atoms. The van der Waals surface area contributed by atoms with Crippen molar-refractivity contribution in [2.45, 2.75) is 13.3 Å². The molecule has 0 atom stereocenters. The fraction of sp³-hybridized carbons (Fsp3) is 0.214. The van der Waals surface area contributed by atoms with Gasteiger partial charge in [0, 0.05) is 22.7 Å². The van der Waals surface area contributed by atoms with Gasteiger partial charge in [-0.25, -0.2) is 0 Å². The predicted molar refractivity (Wildman–Crippen MR) is 91.3 cm³/mol. The molecule has 0 spiro atoms. The first-order chi connectivity index (χ1) is 9.06. The molecule has 0 aliphatic rings. The number of aryl methyl sites for hydroxylation is 1. The van der Waals surface area contributed by atoms with Crippen molar-refractivity contribution in [2.75, 3.05) is 11.9 Å². The van der Waals surface area contributed by atoms with E-state index in [1.807, 2.05) is 19.1 Å². The Morgan fingerprint density at radius 2 is 2.16 bits per heavy atom. The molecule has 2 rings (SSSR count). The molecule has 1 aromatic carbocycles. The maximum atomic E-state index is 5.65. The third-order valence-electron chi connectivity index (χ3n) is 2.82. The molecule has 0 radical (unpaired) electrons. The molecule has 0 saturated heterocycles. The maximum Gasteiger partial charge on any atom is 0.104 e. The summed E-state index contributed by atoms with van der Waals surface area (Å²) in [4.78, 5) is 1.82. The quantitative estimate of drug-likeness (QED) is 0.793. The van der Waals surface area contributed by atoms with E-state index >= 15 is 0 Å². The molecule has 0 aliphatic carbocycles. The Morgan fingerprint density at radius 1 is 1.37 bits per heavy atom. The monoisotopic (exact) mass is 354 g/mol. The Balaban J connectivity index is 1.93. The van der Waals surface area contributed by atoms with E-state index < -0.39 is 0 Å². The molecule has 0 fully saturated rings. The Kier molecular flexibility index (Phi) is 4.96. The van der Waals surface area contributed by atoms with E-state index in [1.165, 1.54) is 8.66 Å². The third kappa shape index (κ3) is 4.03. The van der Waals surface area contributed by atoms with Crippen molar-refractivity contribution in [3.63, 3.8) is 0 Å². The predicted octanol–water partition coefficient (Wildman–Crippen LogP) is 4.11. The van der Waals surface area contributed by atoms with Gasteiger partial charge in [0.05, 0.1) is 3.79 Å². The van der Waals surface area contributed by atoms with Crippen LogP contribution in [0.2, 0.25) is 0 Å². The summed E-state index contributed by atoms with van der Waals surface area (Å²) in [6.45, 7) is 2.94. The standard InChI is InChI=1S/C14H15BrN2S2/c1-9-8-10(2-4-12(9)14(16)18)17-7-6-11-3-5-13(15)19-11/h2-5,8,17H,6-7H2,1H3,(H2,16,18). The minimum atomic E-state index is 0.451. The maximum absolute atomic E-state index is 5.65. The number of nitrogens with two attached hydrogens (primary N) is 1. The second kappa shape index (κ2) is 6.50. The van der Waals surface area contributed by atoms with Crippen LogP contribution in [0, 0.1) is 6.92 Å². The number of benzene rings is 1. The van der Waals surface area contributed by atoms with Gasteiger partial charge in [-0.15, -0.1) is 11.3 Å². The Bertz CT molecular complexity index is 593. The van der Waals surface area contributed by atoms with Crippen LogP contribution >= 0.6 is 39.5 Å². The fourth-order valence-corrected chi connectivity index (χ4v) is 3.58. The van der Waals surface area contributed by atoms with Gasteiger partial charge < -0.3 is 11.1 Å². The molecule has 1 aromatic heterocycles. The van der Waals surface area contributed by atoms with Crippen molar-refractivity contribution < 1.29 is 0 Å². The van der Waals surface area contributed by atoms with Crippen LogP contribution in [0.5, 0.6) is 0 Å². The molecule has 5 heteroatoms.